The van der Waals surface area contributed by atoms with Crippen LogP contribution in [-0.2, 0) is 0 Å². The molecule has 1 aliphatic heterocycles. The summed E-state index contributed by atoms with van der Waals surface area (Å²) in [5, 5.41) is 0. The molecule has 0 bridgehead atoms. The summed E-state index contributed by atoms with van der Waals surface area (Å²) in [7, 11) is 0. The molecule has 0 aromatic heterocycles. The van der Waals surface area contributed by atoms with E-state index in [2.05, 4.69) is 6.58 Å². The van der Waals surface area contributed by atoms with Crippen molar-refractivity contribution in [3.05, 3.63) is 41.0 Å². The van der Waals surface area contributed by atoms with Crippen molar-refractivity contribution >= 4 is 5.78 Å². The van der Waals surface area contributed by atoms with Crippen LogP contribution in [0.4, 0.5) is 0 Å². The normalized spacial score (nSPS) is 15.0. The van der Waals surface area contributed by atoms with Gasteiger partial charge in [0.2, 0.25) is 0 Å². The highest BCUT2D eigenvalue weighted by Crippen LogP contribution is 2.30. The molecule has 2 heteroatoms. The lowest BCUT2D eigenvalue weighted by molar-refractivity contribution is 0.0999. The van der Waals surface area contributed by atoms with E-state index in [4.69, 9.17) is 4.74 Å². The van der Waals surface area contributed by atoms with Crippen molar-refractivity contribution in [1.82, 2.24) is 0 Å². The van der Waals surface area contributed by atoms with Crippen molar-refractivity contribution < 1.29 is 9.53 Å². The van der Waals surface area contributed by atoms with Crippen molar-refractivity contribution in [3.8, 4) is 5.75 Å². The van der Waals surface area contributed by atoms with Crippen molar-refractivity contribution in [2.45, 2.75) is 13.8 Å². The number of aryl methyl sites for hydroxylation is 2. The number of fused-ring (bicyclic) bond motifs is 1. The Bertz CT molecular complexity index is 430. The van der Waals surface area contributed by atoms with Crippen LogP contribution in [0.5, 0.6) is 5.75 Å². The topological polar surface area (TPSA) is 26.3 Å². The van der Waals surface area contributed by atoms with Gasteiger partial charge in [-0.3, -0.25) is 4.79 Å². The van der Waals surface area contributed by atoms with E-state index in [1.165, 1.54) is 0 Å². The first-order chi connectivity index (χ1) is 6.59. The third-order valence-electron chi connectivity index (χ3n) is 2.39. The molecule has 0 fully saturated rings. The number of ketones is 1. The molecule has 2 rings (SSSR count). The highest BCUT2D eigenvalue weighted by Gasteiger charge is 2.23. The minimum Gasteiger partial charge on any atom is -0.488 e. The molecule has 0 unspecified atom stereocenters. The van der Waals surface area contributed by atoms with Crippen LogP contribution in [-0.4, -0.2) is 12.4 Å². The molecule has 0 saturated heterocycles. The second-order valence-corrected chi connectivity index (χ2v) is 3.68. The molecular formula is C12H12O2. The number of hydrogen-bond donors (Lipinski definition) is 0. The smallest absolute Gasteiger partial charge is 0.195 e. The number of hydrogen-bond acceptors (Lipinski definition) is 2. The van der Waals surface area contributed by atoms with Gasteiger partial charge in [-0.05, 0) is 31.0 Å². The molecule has 0 spiro atoms. The predicted octanol–water partition coefficient (Wildman–Crippen LogP) is 2.43. The van der Waals surface area contributed by atoms with Gasteiger partial charge in [-0.1, -0.05) is 12.6 Å². The summed E-state index contributed by atoms with van der Waals surface area (Å²) in [6.07, 6.45) is 0. The van der Waals surface area contributed by atoms with E-state index in [1.807, 2.05) is 26.0 Å². The summed E-state index contributed by atoms with van der Waals surface area (Å²) in [6.45, 7) is 7.91. The number of rotatable bonds is 0. The fraction of sp³-hybridized carbons (Fsp3) is 0.250. The third kappa shape index (κ3) is 1.23. The third-order valence-corrected chi connectivity index (χ3v) is 2.39. The van der Waals surface area contributed by atoms with Gasteiger partial charge in [0.15, 0.2) is 5.78 Å². The monoisotopic (exact) mass is 188 g/mol. The fourth-order valence-corrected chi connectivity index (χ4v) is 1.74. The van der Waals surface area contributed by atoms with Crippen LogP contribution in [0.3, 0.4) is 0 Å². The van der Waals surface area contributed by atoms with Gasteiger partial charge in [-0.15, -0.1) is 0 Å². The Morgan fingerprint density at radius 1 is 1.36 bits per heavy atom. The lowest BCUT2D eigenvalue weighted by atomic mass is 9.95. The van der Waals surface area contributed by atoms with E-state index in [-0.39, 0.29) is 5.78 Å². The first kappa shape index (κ1) is 9.00. The Hall–Kier alpha value is -1.57. The van der Waals surface area contributed by atoms with Gasteiger partial charge >= 0.3 is 0 Å². The summed E-state index contributed by atoms with van der Waals surface area (Å²) >= 11 is 0. The van der Waals surface area contributed by atoms with Crippen LogP contribution in [0, 0.1) is 13.8 Å². The number of benzene rings is 1. The van der Waals surface area contributed by atoms with Crippen LogP contribution < -0.4 is 4.74 Å². The van der Waals surface area contributed by atoms with E-state index in [9.17, 15) is 4.79 Å². The lowest BCUT2D eigenvalue weighted by Crippen LogP contribution is -2.19. The number of carbonyl (C=O) groups is 1. The van der Waals surface area contributed by atoms with Crippen molar-refractivity contribution in [2.75, 3.05) is 6.61 Å². The van der Waals surface area contributed by atoms with Crippen molar-refractivity contribution in [3.63, 3.8) is 0 Å². The van der Waals surface area contributed by atoms with Crippen molar-refractivity contribution in [2.24, 2.45) is 0 Å². The van der Waals surface area contributed by atoms with Crippen LogP contribution in [0.25, 0.3) is 0 Å². The first-order valence-corrected chi connectivity index (χ1v) is 4.56. The molecule has 1 heterocycles. The average Bonchev–Trinajstić information content (AvgIpc) is 2.10. The first-order valence-electron chi connectivity index (χ1n) is 4.56. The summed E-state index contributed by atoms with van der Waals surface area (Å²) in [4.78, 5) is 11.8. The van der Waals surface area contributed by atoms with Crippen LogP contribution in [0.15, 0.2) is 24.3 Å². The highest BCUT2D eigenvalue weighted by molar-refractivity contribution is 6.12. The Labute approximate surface area is 83.2 Å². The molecule has 0 amide bonds. The second-order valence-electron chi connectivity index (χ2n) is 3.68. The van der Waals surface area contributed by atoms with E-state index in [0.717, 1.165) is 11.1 Å². The van der Waals surface area contributed by atoms with Gasteiger partial charge in [0, 0.05) is 5.57 Å². The minimum absolute atomic E-state index is 0.0174. The maximum Gasteiger partial charge on any atom is 0.195 e. The van der Waals surface area contributed by atoms with Gasteiger partial charge in [-0.25, -0.2) is 0 Å². The molecule has 0 N–H and O–H groups in total. The second kappa shape index (κ2) is 2.98. The molecule has 72 valence electrons. The van der Waals surface area contributed by atoms with Gasteiger partial charge in [-0.2, -0.15) is 0 Å². The van der Waals surface area contributed by atoms with Gasteiger partial charge < -0.3 is 4.74 Å². The van der Waals surface area contributed by atoms with Crippen LogP contribution >= 0.6 is 0 Å². The standard InChI is InChI=1S/C12H12O2/c1-7-4-8(2)11-10(5-7)14-6-9(3)12(11)13/h4-5H,3,6H2,1-2H3. The van der Waals surface area contributed by atoms with Gasteiger partial charge in [0.1, 0.15) is 12.4 Å². The molecule has 1 aliphatic rings. The van der Waals surface area contributed by atoms with Gasteiger partial charge in [0.05, 0.1) is 5.56 Å². The molecule has 14 heavy (non-hydrogen) atoms. The Morgan fingerprint density at radius 2 is 2.07 bits per heavy atom. The SMILES string of the molecule is C=C1COc2cc(C)cc(C)c2C1=O. The zero-order valence-electron chi connectivity index (χ0n) is 8.39. The van der Waals surface area contributed by atoms with Gasteiger partial charge in [0.25, 0.3) is 0 Å². The average molecular weight is 188 g/mol. The summed E-state index contributed by atoms with van der Waals surface area (Å²) in [6, 6.07) is 3.88. The molecule has 1 aromatic rings. The Balaban J connectivity index is 2.66. The molecule has 2 nitrogen and oxygen atoms in total. The molecule has 1 aromatic carbocycles. The molecule has 0 radical (unpaired) electrons. The zero-order chi connectivity index (χ0) is 10.3. The number of carbonyl (C=O) groups excluding carboxylic acids is 1. The van der Waals surface area contributed by atoms with Crippen molar-refractivity contribution in [1.29, 1.82) is 0 Å². The van der Waals surface area contributed by atoms with E-state index < -0.39 is 0 Å². The minimum atomic E-state index is 0.0174. The largest absolute Gasteiger partial charge is 0.488 e. The molecule has 0 aliphatic carbocycles. The van der Waals surface area contributed by atoms with E-state index in [1.54, 1.807) is 0 Å². The number of ether oxygens (including phenoxy) is 1. The predicted molar refractivity (Wildman–Crippen MR) is 54.9 cm³/mol. The molecule has 0 atom stereocenters. The fourth-order valence-electron chi connectivity index (χ4n) is 1.74. The highest BCUT2D eigenvalue weighted by atomic mass is 16.5. The zero-order valence-corrected chi connectivity index (χ0v) is 8.39. The summed E-state index contributed by atoms with van der Waals surface area (Å²) in [5.74, 6) is 0.712. The van der Waals surface area contributed by atoms with E-state index in [0.29, 0.717) is 23.5 Å². The maximum atomic E-state index is 11.8. The summed E-state index contributed by atoms with van der Waals surface area (Å²) < 4.78 is 5.45. The Morgan fingerprint density at radius 3 is 2.79 bits per heavy atom. The maximum absolute atomic E-state index is 11.8. The quantitative estimate of drug-likeness (QED) is 0.584. The molecule has 0 saturated carbocycles. The van der Waals surface area contributed by atoms with E-state index >= 15 is 0 Å². The lowest BCUT2D eigenvalue weighted by Gasteiger charge is -2.20. The number of Topliss-reactive ketones (excluding diaryl/α,β-unsaturated/α-hetero) is 1. The Kier molecular flexibility index (Phi) is 1.92. The van der Waals surface area contributed by atoms with Crippen LogP contribution in [0.1, 0.15) is 21.5 Å². The van der Waals surface area contributed by atoms with Crippen LogP contribution in [0.2, 0.25) is 0 Å². The molecular weight excluding hydrogens is 176 g/mol. The summed E-state index contributed by atoms with van der Waals surface area (Å²) in [5.41, 5.74) is 3.28.